The first-order chi connectivity index (χ1) is 7.67. The van der Waals surface area contributed by atoms with Crippen LogP contribution in [-0.2, 0) is 4.74 Å². The molecule has 1 rings (SSSR count). The molecule has 0 aromatic carbocycles. The Hall–Kier alpha value is -0.520. The van der Waals surface area contributed by atoms with E-state index in [0.717, 1.165) is 6.54 Å². The van der Waals surface area contributed by atoms with Crippen LogP contribution in [0.4, 0.5) is 0 Å². The van der Waals surface area contributed by atoms with Crippen molar-refractivity contribution >= 4 is 24.0 Å². The monoisotopic (exact) mass is 246 g/mol. The van der Waals surface area contributed by atoms with E-state index in [1.165, 1.54) is 0 Å². The standard InChI is InChI=1S/C10H19N3O2S/c1-11-5-8-3-9(14)7(6-15-8)4-13-10(16)12-2/h4,7-9,11,14H,3,5-6H2,1-2H3,(H,12,16)/p+1. The van der Waals surface area contributed by atoms with Crippen LogP contribution in [-0.4, -0.2) is 55.9 Å². The topological polar surface area (TPSA) is 67.6 Å². The molecule has 0 aliphatic carbocycles. The predicted octanol–water partition coefficient (Wildman–Crippen LogP) is -1.38. The van der Waals surface area contributed by atoms with Gasteiger partial charge in [0.15, 0.2) is 6.21 Å². The first kappa shape index (κ1) is 13.5. The molecule has 3 atom stereocenters. The van der Waals surface area contributed by atoms with Gasteiger partial charge in [0.2, 0.25) is 0 Å². The Bertz CT molecular complexity index is 279. The number of rotatable bonds is 3. The fourth-order valence-electron chi connectivity index (χ4n) is 1.61. The van der Waals surface area contributed by atoms with Crippen LogP contribution in [0, 0.1) is 5.92 Å². The molecular weight excluding hydrogens is 226 g/mol. The molecule has 0 aromatic rings. The number of nitrogens with zero attached hydrogens (tertiary/aromatic N) is 1. The summed E-state index contributed by atoms with van der Waals surface area (Å²) in [6, 6.07) is 0. The van der Waals surface area contributed by atoms with Gasteiger partial charge in [-0.05, 0) is 19.7 Å². The highest BCUT2D eigenvalue weighted by molar-refractivity contribution is 7.96. The number of hydrogen-bond donors (Lipinski definition) is 4. The zero-order valence-electron chi connectivity index (χ0n) is 9.68. The number of aliphatic hydroxyl groups is 1. The van der Waals surface area contributed by atoms with Gasteiger partial charge >= 0.3 is 5.17 Å². The molecule has 3 unspecified atom stereocenters. The van der Waals surface area contributed by atoms with Gasteiger partial charge in [0.1, 0.15) is 0 Å². The lowest BCUT2D eigenvalue weighted by Crippen LogP contribution is -2.42. The molecule has 6 heteroatoms. The second-order valence-electron chi connectivity index (χ2n) is 3.83. The molecule has 92 valence electrons. The van der Waals surface area contributed by atoms with E-state index in [1.807, 2.05) is 7.05 Å². The van der Waals surface area contributed by atoms with Gasteiger partial charge in [-0.15, -0.1) is 0 Å². The van der Waals surface area contributed by atoms with Crippen LogP contribution in [0.15, 0.2) is 0 Å². The number of thiol groups is 1. The van der Waals surface area contributed by atoms with Gasteiger partial charge in [-0.2, -0.15) is 0 Å². The van der Waals surface area contributed by atoms with Crippen molar-refractivity contribution < 1.29 is 9.84 Å². The number of hydrogen-bond acceptors (Lipinski definition) is 3. The number of ether oxygens (including phenoxy) is 1. The van der Waals surface area contributed by atoms with Crippen LogP contribution in [0.3, 0.4) is 0 Å². The molecule has 0 bridgehead atoms. The van der Waals surface area contributed by atoms with Crippen molar-refractivity contribution in [3.63, 3.8) is 0 Å². The first-order valence-corrected chi connectivity index (χ1v) is 5.84. The molecule has 16 heavy (non-hydrogen) atoms. The third kappa shape index (κ3) is 4.15. The Kier molecular flexibility index (Phi) is 5.87. The largest absolute Gasteiger partial charge is 0.400 e. The zero-order chi connectivity index (χ0) is 12.0. The maximum atomic E-state index is 9.90. The SMILES string of the molecule is CNCC1CC(O)C(C=[N+]=C(S)NC)CO1. The van der Waals surface area contributed by atoms with E-state index in [4.69, 9.17) is 4.74 Å². The number of likely N-dealkylation sites (N-methyl/N-ethyl adjacent to an activating group) is 1. The molecule has 0 amide bonds. The molecular formula is C10H20N3O2S+. The Morgan fingerprint density at radius 3 is 2.94 bits per heavy atom. The molecule has 3 N–H and O–H groups in total. The molecule has 0 radical (unpaired) electrons. The summed E-state index contributed by atoms with van der Waals surface area (Å²) in [6.07, 6.45) is 2.03. The third-order valence-corrected chi connectivity index (χ3v) is 2.91. The quantitative estimate of drug-likeness (QED) is 0.214. The van der Waals surface area contributed by atoms with Gasteiger partial charge in [-0.25, -0.2) is 4.67 Å². The molecule has 1 heterocycles. The van der Waals surface area contributed by atoms with Crippen molar-refractivity contribution in [1.29, 1.82) is 0 Å². The smallest absolute Gasteiger partial charge is 0.392 e. The number of nitrogens with one attached hydrogen (secondary N) is 2. The van der Waals surface area contributed by atoms with Crippen LogP contribution >= 0.6 is 12.6 Å². The minimum Gasteiger partial charge on any atom is -0.392 e. The van der Waals surface area contributed by atoms with Gasteiger partial charge in [0.05, 0.1) is 31.8 Å². The Morgan fingerprint density at radius 1 is 1.62 bits per heavy atom. The molecule has 5 nitrogen and oxygen atoms in total. The Balaban J connectivity index is 2.51. The van der Waals surface area contributed by atoms with Crippen LogP contribution in [0.5, 0.6) is 0 Å². The summed E-state index contributed by atoms with van der Waals surface area (Å²) >= 11 is 4.09. The lowest BCUT2D eigenvalue weighted by Gasteiger charge is -2.29. The molecule has 0 spiro atoms. The van der Waals surface area contributed by atoms with Gasteiger partial charge in [-0.1, -0.05) is 0 Å². The van der Waals surface area contributed by atoms with E-state index in [9.17, 15) is 5.11 Å². The zero-order valence-corrected chi connectivity index (χ0v) is 10.6. The summed E-state index contributed by atoms with van der Waals surface area (Å²) in [5, 5.41) is 16.3. The fourth-order valence-corrected chi connectivity index (χ4v) is 1.68. The maximum Gasteiger partial charge on any atom is 0.400 e. The van der Waals surface area contributed by atoms with E-state index in [1.54, 1.807) is 13.3 Å². The highest BCUT2D eigenvalue weighted by Crippen LogP contribution is 2.17. The van der Waals surface area contributed by atoms with Gasteiger partial charge in [0.25, 0.3) is 0 Å². The third-order valence-electron chi connectivity index (χ3n) is 2.57. The van der Waals surface area contributed by atoms with Crippen molar-refractivity contribution in [2.24, 2.45) is 5.92 Å². The van der Waals surface area contributed by atoms with E-state index >= 15 is 0 Å². The van der Waals surface area contributed by atoms with Crippen molar-refractivity contribution in [2.45, 2.75) is 18.6 Å². The average Bonchev–Trinajstić information content (AvgIpc) is 2.28. The first-order valence-electron chi connectivity index (χ1n) is 5.39. The molecule has 1 fully saturated rings. The van der Waals surface area contributed by atoms with E-state index in [2.05, 4.69) is 27.9 Å². The lowest BCUT2D eigenvalue weighted by molar-refractivity contribution is -0.0599. The molecule has 1 aliphatic rings. The second kappa shape index (κ2) is 6.93. The maximum absolute atomic E-state index is 9.90. The van der Waals surface area contributed by atoms with Crippen molar-refractivity contribution in [3.05, 3.63) is 0 Å². The van der Waals surface area contributed by atoms with Crippen LogP contribution in [0.25, 0.3) is 0 Å². The highest BCUT2D eigenvalue weighted by atomic mass is 32.1. The summed E-state index contributed by atoms with van der Waals surface area (Å²) in [5.41, 5.74) is 0. The van der Waals surface area contributed by atoms with Gasteiger partial charge < -0.3 is 15.2 Å². The lowest BCUT2D eigenvalue weighted by atomic mass is 9.96. The number of aliphatic hydroxyl groups excluding tert-OH is 1. The summed E-state index contributed by atoms with van der Waals surface area (Å²) in [6.45, 7) is 1.27. The van der Waals surface area contributed by atoms with Crippen molar-refractivity contribution in [2.75, 3.05) is 27.2 Å². The fraction of sp³-hybridized carbons (Fsp3) is 0.800. The van der Waals surface area contributed by atoms with E-state index in [-0.39, 0.29) is 12.0 Å². The highest BCUT2D eigenvalue weighted by Gasteiger charge is 2.29. The van der Waals surface area contributed by atoms with Gasteiger partial charge in [-0.3, -0.25) is 5.32 Å². The summed E-state index contributed by atoms with van der Waals surface area (Å²) in [5.74, 6) is -0.0522. The Labute approximate surface area is 101 Å². The molecule has 1 aliphatic heterocycles. The van der Waals surface area contributed by atoms with Crippen molar-refractivity contribution in [3.8, 4) is 0 Å². The van der Waals surface area contributed by atoms with Crippen LogP contribution in [0.2, 0.25) is 0 Å². The summed E-state index contributed by atoms with van der Waals surface area (Å²) in [4.78, 5) is 0. The average molecular weight is 246 g/mol. The minimum absolute atomic E-state index is 0.0522. The molecule has 1 saturated heterocycles. The van der Waals surface area contributed by atoms with Gasteiger partial charge in [0, 0.05) is 13.0 Å². The minimum atomic E-state index is -0.395. The summed E-state index contributed by atoms with van der Waals surface area (Å²) < 4.78 is 9.68. The van der Waals surface area contributed by atoms with Crippen LogP contribution < -0.4 is 15.3 Å². The second-order valence-corrected chi connectivity index (χ2v) is 4.26. The Morgan fingerprint density at radius 2 is 2.38 bits per heavy atom. The number of amidine groups is 1. The molecule has 0 saturated carbocycles. The normalized spacial score (nSPS) is 29.4. The predicted molar refractivity (Wildman–Crippen MR) is 69.0 cm³/mol. The van der Waals surface area contributed by atoms with E-state index < -0.39 is 6.10 Å². The van der Waals surface area contributed by atoms with Crippen LogP contribution in [0.1, 0.15) is 6.42 Å². The van der Waals surface area contributed by atoms with E-state index in [0.29, 0.717) is 18.2 Å². The molecule has 0 aromatic heterocycles. The summed E-state index contributed by atoms with van der Waals surface area (Å²) in [7, 11) is 3.62. The van der Waals surface area contributed by atoms with Crippen molar-refractivity contribution in [1.82, 2.24) is 15.3 Å².